The molecular weight excluding hydrogens is 334 g/mol. The Labute approximate surface area is 164 Å². The minimum Gasteiger partial charge on any atom is -0.385 e. The predicted octanol–water partition coefficient (Wildman–Crippen LogP) is 4.40. The van der Waals surface area contributed by atoms with Gasteiger partial charge in [-0.15, -0.1) is 0 Å². The van der Waals surface area contributed by atoms with Gasteiger partial charge in [0.25, 0.3) is 0 Å². The first-order valence-electron chi connectivity index (χ1n) is 10.4. The molecule has 0 aliphatic carbocycles. The van der Waals surface area contributed by atoms with Gasteiger partial charge >= 0.3 is 0 Å². The van der Waals surface area contributed by atoms with E-state index in [0.29, 0.717) is 0 Å². The first-order valence-corrected chi connectivity index (χ1v) is 10.4. The molecule has 3 rings (SSSR count). The van der Waals surface area contributed by atoms with Gasteiger partial charge in [0.2, 0.25) is 0 Å². The van der Waals surface area contributed by atoms with E-state index in [0.717, 1.165) is 76.9 Å². The van der Waals surface area contributed by atoms with Crippen LogP contribution in [0.5, 0.6) is 0 Å². The fourth-order valence-corrected chi connectivity index (χ4v) is 3.97. The number of hydrogen-bond donors (Lipinski definition) is 1. The maximum atomic E-state index is 11.5. The highest BCUT2D eigenvalue weighted by Crippen LogP contribution is 2.32. The third-order valence-electron chi connectivity index (χ3n) is 5.63. The molecule has 1 fully saturated rings. The van der Waals surface area contributed by atoms with E-state index in [1.54, 1.807) is 0 Å². The highest BCUT2D eigenvalue weighted by Gasteiger charge is 2.28. The Morgan fingerprint density at radius 3 is 2.15 bits per heavy atom. The standard InChI is InChI=1S/C24H33NO2/c26-24(23-13-5-2-6-14-23,16-9-17-25-18-20-27-21-19-25)15-8-7-12-22-10-3-1-4-11-22/h1-6,10-11,13-14,26H,7-9,12,15-21H2. The summed E-state index contributed by atoms with van der Waals surface area (Å²) < 4.78 is 5.43. The molecule has 2 aromatic carbocycles. The summed E-state index contributed by atoms with van der Waals surface area (Å²) in [7, 11) is 0. The van der Waals surface area contributed by atoms with Crippen LogP contribution in [0.2, 0.25) is 0 Å². The molecular formula is C24H33NO2. The lowest BCUT2D eigenvalue weighted by atomic mass is 9.84. The van der Waals surface area contributed by atoms with Gasteiger partial charge in [-0.25, -0.2) is 0 Å². The van der Waals surface area contributed by atoms with Gasteiger partial charge in [0.05, 0.1) is 18.8 Å². The molecule has 3 heteroatoms. The van der Waals surface area contributed by atoms with E-state index in [1.165, 1.54) is 5.56 Å². The number of aliphatic hydroxyl groups is 1. The van der Waals surface area contributed by atoms with Crippen LogP contribution in [0.4, 0.5) is 0 Å². The lowest BCUT2D eigenvalue weighted by Crippen LogP contribution is -2.37. The van der Waals surface area contributed by atoms with E-state index in [2.05, 4.69) is 47.4 Å². The molecule has 0 aromatic heterocycles. The second-order valence-electron chi connectivity index (χ2n) is 7.65. The maximum absolute atomic E-state index is 11.5. The number of unbranched alkanes of at least 4 members (excludes halogenated alkanes) is 1. The van der Waals surface area contributed by atoms with Crippen molar-refractivity contribution in [1.82, 2.24) is 4.90 Å². The minimum absolute atomic E-state index is 0.718. The molecule has 1 aliphatic heterocycles. The summed E-state index contributed by atoms with van der Waals surface area (Å²) in [4.78, 5) is 2.45. The Morgan fingerprint density at radius 1 is 0.815 bits per heavy atom. The number of ether oxygens (including phenoxy) is 1. The highest BCUT2D eigenvalue weighted by molar-refractivity contribution is 5.22. The number of benzene rings is 2. The largest absolute Gasteiger partial charge is 0.385 e. The summed E-state index contributed by atoms with van der Waals surface area (Å²) in [6.07, 6.45) is 5.90. The second-order valence-corrected chi connectivity index (χ2v) is 7.65. The Bertz CT molecular complexity index is 640. The van der Waals surface area contributed by atoms with Crippen LogP contribution in [0.3, 0.4) is 0 Å². The van der Waals surface area contributed by atoms with Crippen LogP contribution >= 0.6 is 0 Å². The van der Waals surface area contributed by atoms with Crippen molar-refractivity contribution in [2.75, 3.05) is 32.8 Å². The van der Waals surface area contributed by atoms with Crippen molar-refractivity contribution in [1.29, 1.82) is 0 Å². The van der Waals surface area contributed by atoms with Crippen LogP contribution < -0.4 is 0 Å². The molecule has 1 saturated heterocycles. The average Bonchev–Trinajstić information content (AvgIpc) is 2.73. The lowest BCUT2D eigenvalue weighted by molar-refractivity contribution is 0.00394. The van der Waals surface area contributed by atoms with Crippen molar-refractivity contribution in [3.8, 4) is 0 Å². The van der Waals surface area contributed by atoms with Crippen LogP contribution in [0, 0.1) is 0 Å². The lowest BCUT2D eigenvalue weighted by Gasteiger charge is -2.31. The van der Waals surface area contributed by atoms with Crippen LogP contribution in [0.1, 0.15) is 43.2 Å². The molecule has 0 spiro atoms. The summed E-state index contributed by atoms with van der Waals surface area (Å²) in [5.41, 5.74) is 1.73. The number of aryl methyl sites for hydroxylation is 1. The molecule has 0 radical (unpaired) electrons. The van der Waals surface area contributed by atoms with Crippen molar-refractivity contribution in [3.63, 3.8) is 0 Å². The smallest absolute Gasteiger partial charge is 0.0897 e. The van der Waals surface area contributed by atoms with Gasteiger partial charge in [0, 0.05) is 13.1 Å². The van der Waals surface area contributed by atoms with Gasteiger partial charge < -0.3 is 9.84 Å². The Balaban J connectivity index is 1.51. The summed E-state index contributed by atoms with van der Waals surface area (Å²) in [5, 5.41) is 11.5. The Kier molecular flexibility index (Phi) is 7.88. The molecule has 2 aromatic rings. The zero-order valence-corrected chi connectivity index (χ0v) is 16.4. The summed E-state index contributed by atoms with van der Waals surface area (Å²) >= 11 is 0. The predicted molar refractivity (Wildman–Crippen MR) is 111 cm³/mol. The molecule has 0 bridgehead atoms. The number of hydrogen-bond acceptors (Lipinski definition) is 3. The van der Waals surface area contributed by atoms with E-state index < -0.39 is 5.60 Å². The van der Waals surface area contributed by atoms with Crippen molar-refractivity contribution >= 4 is 0 Å². The van der Waals surface area contributed by atoms with Gasteiger partial charge in [0.1, 0.15) is 0 Å². The van der Waals surface area contributed by atoms with Gasteiger partial charge in [-0.2, -0.15) is 0 Å². The third kappa shape index (κ3) is 6.46. The first kappa shape index (κ1) is 20.1. The molecule has 146 valence electrons. The number of morpholine rings is 1. The SMILES string of the molecule is OC(CCCCc1ccccc1)(CCCN1CCOCC1)c1ccccc1. The van der Waals surface area contributed by atoms with E-state index in [-0.39, 0.29) is 0 Å². The summed E-state index contributed by atoms with van der Waals surface area (Å²) in [6, 6.07) is 20.9. The summed E-state index contributed by atoms with van der Waals surface area (Å²) in [6.45, 7) is 4.75. The number of nitrogens with zero attached hydrogens (tertiary/aromatic N) is 1. The molecule has 0 amide bonds. The van der Waals surface area contributed by atoms with Crippen molar-refractivity contribution in [2.24, 2.45) is 0 Å². The molecule has 1 unspecified atom stereocenters. The average molecular weight is 368 g/mol. The fourth-order valence-electron chi connectivity index (χ4n) is 3.97. The topological polar surface area (TPSA) is 32.7 Å². The van der Waals surface area contributed by atoms with Gasteiger partial charge in [-0.1, -0.05) is 60.7 Å². The Morgan fingerprint density at radius 2 is 1.44 bits per heavy atom. The van der Waals surface area contributed by atoms with Crippen molar-refractivity contribution in [2.45, 2.75) is 44.1 Å². The van der Waals surface area contributed by atoms with Crippen LogP contribution in [-0.2, 0) is 16.8 Å². The monoisotopic (exact) mass is 367 g/mol. The Hall–Kier alpha value is -1.68. The molecule has 1 aliphatic rings. The van der Waals surface area contributed by atoms with Crippen LogP contribution in [-0.4, -0.2) is 42.9 Å². The number of rotatable bonds is 10. The highest BCUT2D eigenvalue weighted by atomic mass is 16.5. The van der Waals surface area contributed by atoms with E-state index in [1.807, 2.05) is 18.2 Å². The molecule has 3 nitrogen and oxygen atoms in total. The van der Waals surface area contributed by atoms with E-state index in [4.69, 9.17) is 4.74 Å². The zero-order chi connectivity index (χ0) is 18.8. The zero-order valence-electron chi connectivity index (χ0n) is 16.4. The van der Waals surface area contributed by atoms with Crippen molar-refractivity contribution in [3.05, 3.63) is 71.8 Å². The summed E-state index contributed by atoms with van der Waals surface area (Å²) in [5.74, 6) is 0. The molecule has 1 heterocycles. The van der Waals surface area contributed by atoms with Crippen molar-refractivity contribution < 1.29 is 9.84 Å². The normalized spacial score (nSPS) is 17.5. The maximum Gasteiger partial charge on any atom is 0.0897 e. The van der Waals surface area contributed by atoms with Crippen LogP contribution in [0.25, 0.3) is 0 Å². The fraction of sp³-hybridized carbons (Fsp3) is 0.500. The third-order valence-corrected chi connectivity index (χ3v) is 5.63. The molecule has 27 heavy (non-hydrogen) atoms. The molecule has 1 atom stereocenters. The quantitative estimate of drug-likeness (QED) is 0.632. The minimum atomic E-state index is -0.718. The first-order chi connectivity index (χ1) is 13.3. The van der Waals surface area contributed by atoms with E-state index in [9.17, 15) is 5.11 Å². The van der Waals surface area contributed by atoms with Gasteiger partial charge in [0.15, 0.2) is 0 Å². The van der Waals surface area contributed by atoms with Gasteiger partial charge in [-0.3, -0.25) is 4.90 Å². The van der Waals surface area contributed by atoms with E-state index >= 15 is 0 Å². The molecule has 0 saturated carbocycles. The van der Waals surface area contributed by atoms with Gasteiger partial charge in [-0.05, 0) is 56.2 Å². The second kappa shape index (κ2) is 10.6. The molecule has 1 N–H and O–H groups in total. The van der Waals surface area contributed by atoms with Crippen LogP contribution in [0.15, 0.2) is 60.7 Å².